The maximum atomic E-state index is 12.4. The van der Waals surface area contributed by atoms with Crippen LogP contribution in [0.5, 0.6) is 0 Å². The molecule has 0 saturated carbocycles. The number of carbonyl (C=O) groups is 2. The lowest BCUT2D eigenvalue weighted by Crippen LogP contribution is -2.48. The monoisotopic (exact) mass is 394 g/mol. The largest absolute Gasteiger partial charge is 0.369 e. The molecule has 1 unspecified atom stereocenters. The maximum absolute atomic E-state index is 12.4. The molecule has 0 spiro atoms. The molecule has 2 aromatic rings. The molecule has 0 aliphatic carbocycles. The molecule has 2 aromatic carbocycles. The minimum Gasteiger partial charge on any atom is -0.369 e. The van der Waals surface area contributed by atoms with Gasteiger partial charge < -0.3 is 4.90 Å². The number of anilines is 1. The first kappa shape index (κ1) is 20.9. The van der Waals surface area contributed by atoms with Crippen molar-refractivity contribution >= 4 is 17.5 Å². The number of nitrogens with one attached hydrogen (secondary N) is 2. The van der Waals surface area contributed by atoms with Crippen molar-refractivity contribution in [1.82, 2.24) is 15.8 Å². The van der Waals surface area contributed by atoms with Gasteiger partial charge in [-0.2, -0.15) is 0 Å². The van der Waals surface area contributed by atoms with Crippen LogP contribution in [-0.4, -0.2) is 49.4 Å². The predicted octanol–water partition coefficient (Wildman–Crippen LogP) is 2.54. The first-order valence-corrected chi connectivity index (χ1v) is 10.3. The van der Waals surface area contributed by atoms with Crippen LogP contribution < -0.4 is 15.8 Å². The Morgan fingerprint density at radius 3 is 2.14 bits per heavy atom. The molecule has 1 saturated heterocycles. The van der Waals surface area contributed by atoms with Gasteiger partial charge >= 0.3 is 0 Å². The number of hydrogen-bond acceptors (Lipinski definition) is 4. The summed E-state index contributed by atoms with van der Waals surface area (Å²) in [6.07, 6.45) is 1.05. The van der Waals surface area contributed by atoms with Gasteiger partial charge in [0.15, 0.2) is 0 Å². The van der Waals surface area contributed by atoms with Crippen LogP contribution in [-0.2, 0) is 9.59 Å². The molecule has 1 heterocycles. The third kappa shape index (κ3) is 6.06. The van der Waals surface area contributed by atoms with Crippen LogP contribution >= 0.6 is 0 Å². The van der Waals surface area contributed by atoms with E-state index < -0.39 is 0 Å². The zero-order valence-corrected chi connectivity index (χ0v) is 17.0. The zero-order valence-electron chi connectivity index (χ0n) is 17.0. The van der Waals surface area contributed by atoms with Crippen LogP contribution in [0.2, 0.25) is 0 Å². The fourth-order valence-electron chi connectivity index (χ4n) is 3.67. The Balaban J connectivity index is 1.36. The molecule has 1 aliphatic heterocycles. The Bertz CT molecular complexity index is 774. The number of rotatable bonds is 7. The lowest BCUT2D eigenvalue weighted by molar-refractivity contribution is -0.130. The topological polar surface area (TPSA) is 64.7 Å². The second kappa shape index (κ2) is 10.6. The molecule has 1 fully saturated rings. The molecule has 6 nitrogen and oxygen atoms in total. The van der Waals surface area contributed by atoms with Crippen LogP contribution in [0.4, 0.5) is 5.69 Å². The van der Waals surface area contributed by atoms with Crippen molar-refractivity contribution in [2.45, 2.75) is 25.7 Å². The fourth-order valence-corrected chi connectivity index (χ4v) is 3.67. The Labute approximate surface area is 172 Å². The van der Waals surface area contributed by atoms with E-state index >= 15 is 0 Å². The average molecular weight is 395 g/mol. The van der Waals surface area contributed by atoms with Crippen molar-refractivity contribution in [2.75, 3.05) is 37.6 Å². The van der Waals surface area contributed by atoms with Crippen LogP contribution in [0.3, 0.4) is 0 Å². The van der Waals surface area contributed by atoms with Crippen molar-refractivity contribution in [3.8, 4) is 0 Å². The van der Waals surface area contributed by atoms with Crippen LogP contribution in [0.1, 0.15) is 31.2 Å². The Morgan fingerprint density at radius 1 is 0.897 bits per heavy atom. The second-order valence-corrected chi connectivity index (χ2v) is 7.32. The summed E-state index contributed by atoms with van der Waals surface area (Å²) in [5.41, 5.74) is 7.35. The number of piperazine rings is 1. The van der Waals surface area contributed by atoms with E-state index in [2.05, 4.69) is 44.9 Å². The highest BCUT2D eigenvalue weighted by molar-refractivity contribution is 5.86. The van der Waals surface area contributed by atoms with E-state index in [4.69, 9.17) is 0 Å². The maximum Gasteiger partial charge on any atom is 0.245 e. The van der Waals surface area contributed by atoms with Crippen molar-refractivity contribution in [2.24, 2.45) is 0 Å². The van der Waals surface area contributed by atoms with Gasteiger partial charge in [-0.15, -0.1) is 0 Å². The average Bonchev–Trinajstić information content (AvgIpc) is 2.78. The zero-order chi connectivity index (χ0) is 20.5. The van der Waals surface area contributed by atoms with Gasteiger partial charge in [0, 0.05) is 44.8 Å². The normalized spacial score (nSPS) is 15.6. The number of carbonyl (C=O) groups excluding carboxylic acids is 2. The highest BCUT2D eigenvalue weighted by atomic mass is 16.2. The molecule has 154 valence electrons. The number of hydrogen-bond donors (Lipinski definition) is 2. The first-order valence-electron chi connectivity index (χ1n) is 10.3. The summed E-state index contributed by atoms with van der Waals surface area (Å²) in [6, 6.07) is 20.0. The molecule has 1 aliphatic rings. The smallest absolute Gasteiger partial charge is 0.245 e. The molecule has 0 aromatic heterocycles. The first-order chi connectivity index (χ1) is 14.2. The number of para-hydroxylation sites is 1. The van der Waals surface area contributed by atoms with Crippen molar-refractivity contribution in [3.05, 3.63) is 66.2 Å². The molecule has 0 radical (unpaired) electrons. The van der Waals surface area contributed by atoms with Gasteiger partial charge in [-0.05, 0) is 24.1 Å². The second-order valence-electron chi connectivity index (χ2n) is 7.32. The molecule has 1 atom stereocenters. The van der Waals surface area contributed by atoms with E-state index in [1.165, 1.54) is 5.69 Å². The Morgan fingerprint density at radius 2 is 1.52 bits per heavy atom. The Hall–Kier alpha value is -2.86. The van der Waals surface area contributed by atoms with Crippen molar-refractivity contribution in [1.29, 1.82) is 0 Å². The van der Waals surface area contributed by atoms with Crippen molar-refractivity contribution < 1.29 is 9.59 Å². The van der Waals surface area contributed by atoms with E-state index in [9.17, 15) is 9.59 Å². The van der Waals surface area contributed by atoms with Crippen LogP contribution in [0.15, 0.2) is 60.7 Å². The van der Waals surface area contributed by atoms with E-state index in [-0.39, 0.29) is 17.7 Å². The van der Waals surface area contributed by atoms with Gasteiger partial charge in [0.05, 0.1) is 5.92 Å². The summed E-state index contributed by atoms with van der Waals surface area (Å²) >= 11 is 0. The molecule has 2 amide bonds. The number of hydrazine groups is 1. The predicted molar refractivity (Wildman–Crippen MR) is 115 cm³/mol. The van der Waals surface area contributed by atoms with E-state index in [0.717, 1.165) is 31.7 Å². The summed E-state index contributed by atoms with van der Waals surface area (Å²) < 4.78 is 0. The quantitative estimate of drug-likeness (QED) is 0.709. The van der Waals surface area contributed by atoms with Gasteiger partial charge in [0.1, 0.15) is 0 Å². The van der Waals surface area contributed by atoms with Gasteiger partial charge in [0.2, 0.25) is 11.8 Å². The van der Waals surface area contributed by atoms with E-state index in [0.29, 0.717) is 19.4 Å². The highest BCUT2D eigenvalue weighted by Gasteiger charge is 2.20. The number of benzene rings is 2. The summed E-state index contributed by atoms with van der Waals surface area (Å²) in [4.78, 5) is 29.2. The highest BCUT2D eigenvalue weighted by Crippen LogP contribution is 2.19. The van der Waals surface area contributed by atoms with Crippen LogP contribution in [0.25, 0.3) is 0 Å². The van der Waals surface area contributed by atoms with E-state index in [1.54, 1.807) is 0 Å². The third-order valence-electron chi connectivity index (χ3n) is 5.40. The van der Waals surface area contributed by atoms with Crippen molar-refractivity contribution in [3.63, 3.8) is 0 Å². The van der Waals surface area contributed by atoms with Gasteiger partial charge in [-0.3, -0.25) is 25.3 Å². The molecule has 3 rings (SSSR count). The third-order valence-corrected chi connectivity index (χ3v) is 5.40. The SMILES string of the molecule is CCC(C(=O)NNC(=O)CCN1CCN(c2ccccc2)CC1)c1ccccc1. The summed E-state index contributed by atoms with van der Waals surface area (Å²) in [5, 5.41) is 0. The Kier molecular flexibility index (Phi) is 7.64. The van der Waals surface area contributed by atoms with Gasteiger partial charge in [0.25, 0.3) is 0 Å². The fraction of sp³-hybridized carbons (Fsp3) is 0.391. The minimum absolute atomic E-state index is 0.160. The number of amides is 2. The lowest BCUT2D eigenvalue weighted by Gasteiger charge is -2.36. The molecule has 0 bridgehead atoms. The van der Waals surface area contributed by atoms with Gasteiger partial charge in [-0.25, -0.2) is 0 Å². The molecule has 29 heavy (non-hydrogen) atoms. The minimum atomic E-state index is -0.262. The van der Waals surface area contributed by atoms with Gasteiger partial charge in [-0.1, -0.05) is 55.5 Å². The summed E-state index contributed by atoms with van der Waals surface area (Å²) in [7, 11) is 0. The molecule has 2 N–H and O–H groups in total. The molecular weight excluding hydrogens is 364 g/mol. The van der Waals surface area contributed by atoms with Crippen LogP contribution in [0, 0.1) is 0 Å². The lowest BCUT2D eigenvalue weighted by atomic mass is 9.96. The molecule has 6 heteroatoms. The summed E-state index contributed by atoms with van der Waals surface area (Å²) in [5.74, 6) is -0.599. The molecular formula is C23H30N4O2. The van der Waals surface area contributed by atoms with E-state index in [1.807, 2.05) is 43.3 Å². The standard InChI is InChI=1S/C23H30N4O2/c1-2-21(19-9-5-3-6-10-19)23(29)25-24-22(28)13-14-26-15-17-27(18-16-26)20-11-7-4-8-12-20/h3-12,21H,2,13-18H2,1H3,(H,24,28)(H,25,29). The summed E-state index contributed by atoms with van der Waals surface area (Å²) in [6.45, 7) is 6.44. The number of nitrogens with zero attached hydrogens (tertiary/aromatic N) is 2.